The highest BCUT2D eigenvalue weighted by atomic mass is 35.5. The lowest BCUT2D eigenvalue weighted by molar-refractivity contribution is 0.214. The monoisotopic (exact) mass is 348 g/mol. The molecule has 0 bridgehead atoms. The zero-order chi connectivity index (χ0) is 16.2. The second kappa shape index (κ2) is 7.15. The van der Waals surface area contributed by atoms with Gasteiger partial charge in [0.2, 0.25) is 0 Å². The summed E-state index contributed by atoms with van der Waals surface area (Å²) in [4.78, 5) is 14.4. The van der Waals surface area contributed by atoms with E-state index in [1.54, 1.807) is 18.9 Å². The number of amides is 2. The van der Waals surface area contributed by atoms with Crippen molar-refractivity contribution < 1.29 is 9.53 Å². The zero-order valence-corrected chi connectivity index (χ0v) is 14.2. The summed E-state index contributed by atoms with van der Waals surface area (Å²) in [6.45, 7) is 0.722. The van der Waals surface area contributed by atoms with Gasteiger partial charge in [-0.25, -0.2) is 4.79 Å². The summed E-state index contributed by atoms with van der Waals surface area (Å²) in [6.07, 6.45) is 0. The first-order valence-corrected chi connectivity index (χ1v) is 8.69. The molecule has 0 spiro atoms. The fourth-order valence-electron chi connectivity index (χ4n) is 2.45. The second-order valence-electron chi connectivity index (χ2n) is 5.13. The molecule has 3 rings (SSSR count). The summed E-state index contributed by atoms with van der Waals surface area (Å²) in [7, 11) is 1.62. The number of methoxy groups -OCH3 is 1. The topological polar surface area (TPSA) is 41.6 Å². The Morgan fingerprint density at radius 2 is 1.91 bits per heavy atom. The van der Waals surface area contributed by atoms with Crippen molar-refractivity contribution in [2.45, 2.75) is 5.37 Å². The third kappa shape index (κ3) is 3.74. The SMILES string of the molecule is COc1ccc(NC(=O)N2CCS[C@@H]2c2ccc(Cl)cc2)cc1. The molecule has 1 atom stereocenters. The third-order valence-corrected chi connectivity index (χ3v) is 5.16. The molecule has 0 radical (unpaired) electrons. The largest absolute Gasteiger partial charge is 0.497 e. The average Bonchev–Trinajstić information content (AvgIpc) is 3.06. The summed E-state index contributed by atoms with van der Waals surface area (Å²) < 4.78 is 5.12. The quantitative estimate of drug-likeness (QED) is 0.879. The molecule has 2 aromatic carbocycles. The lowest BCUT2D eigenvalue weighted by Crippen LogP contribution is -2.34. The lowest BCUT2D eigenvalue weighted by atomic mass is 10.2. The molecule has 1 heterocycles. The first kappa shape index (κ1) is 16.0. The molecule has 1 aliphatic heterocycles. The number of carbonyl (C=O) groups excluding carboxylic acids is 1. The van der Waals surface area contributed by atoms with Crippen molar-refractivity contribution in [3.05, 3.63) is 59.1 Å². The van der Waals surface area contributed by atoms with Crippen molar-refractivity contribution in [3.63, 3.8) is 0 Å². The molecule has 6 heteroatoms. The maximum atomic E-state index is 12.6. The van der Waals surface area contributed by atoms with E-state index in [1.165, 1.54) is 0 Å². The van der Waals surface area contributed by atoms with Gasteiger partial charge in [0.05, 0.1) is 7.11 Å². The van der Waals surface area contributed by atoms with Crippen LogP contribution >= 0.6 is 23.4 Å². The number of hydrogen-bond donors (Lipinski definition) is 1. The van der Waals surface area contributed by atoms with Crippen LogP contribution in [-0.2, 0) is 0 Å². The Bertz CT molecular complexity index is 676. The molecular formula is C17H17ClN2O2S. The van der Waals surface area contributed by atoms with Crippen LogP contribution in [0.1, 0.15) is 10.9 Å². The van der Waals surface area contributed by atoms with E-state index in [2.05, 4.69) is 5.32 Å². The van der Waals surface area contributed by atoms with E-state index in [9.17, 15) is 4.79 Å². The van der Waals surface area contributed by atoms with Crippen LogP contribution in [0.3, 0.4) is 0 Å². The van der Waals surface area contributed by atoms with Gasteiger partial charge in [0.25, 0.3) is 0 Å². The van der Waals surface area contributed by atoms with Crippen LogP contribution in [0.4, 0.5) is 10.5 Å². The van der Waals surface area contributed by atoms with Crippen LogP contribution < -0.4 is 10.1 Å². The Hall–Kier alpha value is -1.85. The highest BCUT2D eigenvalue weighted by molar-refractivity contribution is 7.99. The summed E-state index contributed by atoms with van der Waals surface area (Å²) in [6, 6.07) is 14.9. The van der Waals surface area contributed by atoms with Crippen molar-refractivity contribution in [1.82, 2.24) is 4.90 Å². The minimum absolute atomic E-state index is 0.0190. The normalized spacial score (nSPS) is 17.1. The standard InChI is InChI=1S/C17H17ClN2O2S/c1-22-15-8-6-14(7-9-15)19-17(21)20-10-11-23-16(20)12-2-4-13(18)5-3-12/h2-9,16H,10-11H2,1H3,(H,19,21)/t16-/m1/s1. The Morgan fingerprint density at radius 1 is 1.22 bits per heavy atom. The molecule has 1 N–H and O–H groups in total. The zero-order valence-electron chi connectivity index (χ0n) is 12.7. The molecular weight excluding hydrogens is 332 g/mol. The molecule has 0 saturated carbocycles. The molecule has 1 saturated heterocycles. The van der Waals surface area contributed by atoms with Gasteiger partial charge in [-0.15, -0.1) is 11.8 Å². The molecule has 2 amide bonds. The van der Waals surface area contributed by atoms with Crippen LogP contribution in [0.2, 0.25) is 5.02 Å². The molecule has 0 unspecified atom stereocenters. The first-order valence-electron chi connectivity index (χ1n) is 7.26. The maximum Gasteiger partial charge on any atom is 0.323 e. The van der Waals surface area contributed by atoms with E-state index in [-0.39, 0.29) is 11.4 Å². The predicted octanol–water partition coefficient (Wildman–Crippen LogP) is 4.63. The minimum atomic E-state index is -0.0971. The number of rotatable bonds is 3. The summed E-state index contributed by atoms with van der Waals surface area (Å²) in [5.41, 5.74) is 1.84. The smallest absolute Gasteiger partial charge is 0.323 e. The highest BCUT2D eigenvalue weighted by Crippen LogP contribution is 2.38. The van der Waals surface area contributed by atoms with Gasteiger partial charge in [-0.3, -0.25) is 0 Å². The number of thioether (sulfide) groups is 1. The van der Waals surface area contributed by atoms with Crippen molar-refractivity contribution in [2.24, 2.45) is 0 Å². The molecule has 23 heavy (non-hydrogen) atoms. The van der Waals surface area contributed by atoms with E-state index in [1.807, 2.05) is 53.4 Å². The van der Waals surface area contributed by atoms with Gasteiger partial charge in [-0.05, 0) is 42.0 Å². The van der Waals surface area contributed by atoms with Crippen molar-refractivity contribution >= 4 is 35.1 Å². The van der Waals surface area contributed by atoms with E-state index in [4.69, 9.17) is 16.3 Å². The van der Waals surface area contributed by atoms with E-state index >= 15 is 0 Å². The summed E-state index contributed by atoms with van der Waals surface area (Å²) >= 11 is 7.70. The second-order valence-corrected chi connectivity index (χ2v) is 6.75. The first-order chi connectivity index (χ1) is 11.2. The van der Waals surface area contributed by atoms with Crippen LogP contribution in [0, 0.1) is 0 Å². The highest BCUT2D eigenvalue weighted by Gasteiger charge is 2.30. The van der Waals surface area contributed by atoms with Gasteiger partial charge in [-0.2, -0.15) is 0 Å². The number of carbonyl (C=O) groups is 1. The summed E-state index contributed by atoms with van der Waals surface area (Å²) in [5.74, 6) is 1.68. The number of nitrogens with zero attached hydrogens (tertiary/aromatic N) is 1. The van der Waals surface area contributed by atoms with Crippen LogP contribution in [0.5, 0.6) is 5.75 Å². The van der Waals surface area contributed by atoms with E-state index in [0.717, 1.165) is 29.3 Å². The molecule has 0 aromatic heterocycles. The van der Waals surface area contributed by atoms with Gasteiger partial charge in [0, 0.05) is 23.0 Å². The minimum Gasteiger partial charge on any atom is -0.497 e. The molecule has 1 fully saturated rings. The number of hydrogen-bond acceptors (Lipinski definition) is 3. The Labute approximate surface area is 144 Å². The van der Waals surface area contributed by atoms with Gasteiger partial charge in [0.15, 0.2) is 0 Å². The van der Waals surface area contributed by atoms with Gasteiger partial charge >= 0.3 is 6.03 Å². The fraction of sp³-hybridized carbons (Fsp3) is 0.235. The van der Waals surface area contributed by atoms with Crippen LogP contribution in [0.25, 0.3) is 0 Å². The van der Waals surface area contributed by atoms with Gasteiger partial charge in [0.1, 0.15) is 11.1 Å². The van der Waals surface area contributed by atoms with E-state index in [0.29, 0.717) is 5.02 Å². The molecule has 0 aliphatic carbocycles. The van der Waals surface area contributed by atoms with Crippen molar-refractivity contribution in [3.8, 4) is 5.75 Å². The van der Waals surface area contributed by atoms with Crippen LogP contribution in [0.15, 0.2) is 48.5 Å². The Morgan fingerprint density at radius 3 is 2.57 bits per heavy atom. The number of nitrogens with one attached hydrogen (secondary N) is 1. The van der Waals surface area contributed by atoms with Gasteiger partial charge in [-0.1, -0.05) is 23.7 Å². The van der Waals surface area contributed by atoms with E-state index < -0.39 is 0 Å². The Balaban J connectivity index is 1.71. The third-order valence-electron chi connectivity index (χ3n) is 3.65. The van der Waals surface area contributed by atoms with Crippen LogP contribution in [-0.4, -0.2) is 30.3 Å². The number of benzene rings is 2. The number of halogens is 1. The number of urea groups is 1. The summed E-state index contributed by atoms with van der Waals surface area (Å²) in [5, 5.41) is 3.66. The molecule has 120 valence electrons. The molecule has 2 aromatic rings. The maximum absolute atomic E-state index is 12.6. The number of anilines is 1. The fourth-order valence-corrected chi connectivity index (χ4v) is 3.83. The Kier molecular flexibility index (Phi) is 4.98. The molecule has 4 nitrogen and oxygen atoms in total. The van der Waals surface area contributed by atoms with Crippen molar-refractivity contribution in [1.29, 1.82) is 0 Å². The average molecular weight is 349 g/mol. The van der Waals surface area contributed by atoms with Crippen molar-refractivity contribution in [2.75, 3.05) is 24.7 Å². The molecule has 1 aliphatic rings. The predicted molar refractivity (Wildman–Crippen MR) is 95.4 cm³/mol. The lowest BCUT2D eigenvalue weighted by Gasteiger charge is -2.24. The van der Waals surface area contributed by atoms with Gasteiger partial charge < -0.3 is 15.0 Å². The number of ether oxygens (including phenoxy) is 1.